The van der Waals surface area contributed by atoms with E-state index in [1.165, 1.54) is 6.42 Å². The molecule has 0 bridgehead atoms. The summed E-state index contributed by atoms with van der Waals surface area (Å²) in [7, 11) is 0. The van der Waals surface area contributed by atoms with Crippen molar-refractivity contribution in [2.75, 3.05) is 13.2 Å². The number of esters is 1. The summed E-state index contributed by atoms with van der Waals surface area (Å²) in [5.74, 6) is -0.860. The van der Waals surface area contributed by atoms with Crippen LogP contribution in [0.3, 0.4) is 0 Å². The molecule has 0 saturated heterocycles. The van der Waals surface area contributed by atoms with Crippen molar-refractivity contribution in [2.24, 2.45) is 0 Å². The molecule has 4 aromatic rings. The van der Waals surface area contributed by atoms with Crippen LogP contribution in [0.5, 0.6) is 5.75 Å². The minimum absolute atomic E-state index is 0.166. The number of nitrogens with zero attached hydrogens (tertiary/aromatic N) is 2. The van der Waals surface area contributed by atoms with E-state index in [4.69, 9.17) is 9.72 Å². The molecule has 2 aromatic heterocycles. The van der Waals surface area contributed by atoms with E-state index < -0.39 is 5.92 Å². The SMILES string of the molecule is CCOC(=O)C(Cc1ccccc1)c1cn2c(C(=O)NCC3(c4ccc(O)cc4)CCCCC3)cccc2n1. The number of rotatable bonds is 9. The predicted octanol–water partition coefficient (Wildman–Crippen LogP) is 5.56. The fourth-order valence-electron chi connectivity index (χ4n) is 5.73. The minimum Gasteiger partial charge on any atom is -0.508 e. The highest BCUT2D eigenvalue weighted by molar-refractivity contribution is 5.93. The maximum absolute atomic E-state index is 13.5. The molecule has 0 aliphatic heterocycles. The molecule has 1 saturated carbocycles. The highest BCUT2D eigenvalue weighted by Crippen LogP contribution is 2.39. The van der Waals surface area contributed by atoms with Gasteiger partial charge in [-0.1, -0.05) is 67.8 Å². The van der Waals surface area contributed by atoms with Crippen LogP contribution in [0.1, 0.15) is 72.3 Å². The first-order valence-corrected chi connectivity index (χ1v) is 13.8. The van der Waals surface area contributed by atoms with Gasteiger partial charge in [-0.3, -0.25) is 14.0 Å². The molecule has 1 fully saturated rings. The lowest BCUT2D eigenvalue weighted by Crippen LogP contribution is -2.42. The molecule has 1 amide bonds. The second-order valence-corrected chi connectivity index (χ2v) is 10.4. The number of ether oxygens (including phenoxy) is 1. The summed E-state index contributed by atoms with van der Waals surface area (Å²) in [5.41, 5.74) is 3.63. The smallest absolute Gasteiger partial charge is 0.315 e. The number of imidazole rings is 1. The molecular formula is C32H35N3O4. The molecule has 1 aliphatic carbocycles. The van der Waals surface area contributed by atoms with Crippen molar-refractivity contribution in [1.29, 1.82) is 0 Å². The Morgan fingerprint density at radius 1 is 1.00 bits per heavy atom. The third kappa shape index (κ3) is 5.82. The number of aromatic hydroxyl groups is 1. The summed E-state index contributed by atoms with van der Waals surface area (Å²) in [6, 6.07) is 22.6. The van der Waals surface area contributed by atoms with Crippen molar-refractivity contribution < 1.29 is 19.4 Å². The Kier molecular flexibility index (Phi) is 7.96. The van der Waals surface area contributed by atoms with Crippen LogP contribution in [-0.2, 0) is 21.4 Å². The van der Waals surface area contributed by atoms with E-state index in [0.29, 0.717) is 30.0 Å². The van der Waals surface area contributed by atoms with E-state index in [9.17, 15) is 14.7 Å². The van der Waals surface area contributed by atoms with Gasteiger partial charge in [0.25, 0.3) is 5.91 Å². The lowest BCUT2D eigenvalue weighted by Gasteiger charge is -2.38. The number of phenols is 1. The highest BCUT2D eigenvalue weighted by Gasteiger charge is 2.34. The first kappa shape index (κ1) is 26.5. The topological polar surface area (TPSA) is 92.9 Å². The fourth-order valence-corrected chi connectivity index (χ4v) is 5.73. The number of amides is 1. The van der Waals surface area contributed by atoms with Crippen LogP contribution in [-0.4, -0.2) is 39.5 Å². The third-order valence-corrected chi connectivity index (χ3v) is 7.83. The summed E-state index contributed by atoms with van der Waals surface area (Å²) in [5, 5.41) is 13.0. The number of carbonyl (C=O) groups excluding carboxylic acids is 2. The molecule has 1 atom stereocenters. The van der Waals surface area contributed by atoms with E-state index in [-0.39, 0.29) is 29.6 Å². The first-order valence-electron chi connectivity index (χ1n) is 13.8. The molecule has 5 rings (SSSR count). The van der Waals surface area contributed by atoms with Crippen molar-refractivity contribution in [3.63, 3.8) is 0 Å². The molecule has 7 nitrogen and oxygen atoms in total. The highest BCUT2D eigenvalue weighted by atomic mass is 16.5. The Balaban J connectivity index is 1.41. The molecule has 2 heterocycles. The van der Waals surface area contributed by atoms with E-state index in [2.05, 4.69) is 5.32 Å². The number of hydrogen-bond donors (Lipinski definition) is 2. The summed E-state index contributed by atoms with van der Waals surface area (Å²) in [6.45, 7) is 2.59. The summed E-state index contributed by atoms with van der Waals surface area (Å²) in [4.78, 5) is 31.2. The van der Waals surface area contributed by atoms with Gasteiger partial charge in [-0.2, -0.15) is 0 Å². The molecule has 39 heavy (non-hydrogen) atoms. The molecule has 1 unspecified atom stereocenters. The van der Waals surface area contributed by atoms with Crippen LogP contribution >= 0.6 is 0 Å². The monoisotopic (exact) mass is 525 g/mol. The Morgan fingerprint density at radius 2 is 1.74 bits per heavy atom. The maximum atomic E-state index is 13.5. The van der Waals surface area contributed by atoms with Crippen molar-refractivity contribution >= 4 is 17.5 Å². The lowest BCUT2D eigenvalue weighted by atomic mass is 9.69. The number of benzene rings is 2. The van der Waals surface area contributed by atoms with Crippen LogP contribution < -0.4 is 5.32 Å². The number of nitrogens with one attached hydrogen (secondary N) is 1. The predicted molar refractivity (Wildman–Crippen MR) is 150 cm³/mol. The zero-order valence-corrected chi connectivity index (χ0v) is 22.3. The van der Waals surface area contributed by atoms with Crippen LogP contribution in [0, 0.1) is 0 Å². The molecule has 0 spiro atoms. The van der Waals surface area contributed by atoms with Gasteiger partial charge in [-0.15, -0.1) is 0 Å². The van der Waals surface area contributed by atoms with Gasteiger partial charge < -0.3 is 15.2 Å². The molecule has 7 heteroatoms. The standard InChI is InChI=1S/C32H35N3O4/c1-2-39-31(38)26(20-23-10-5-3-6-11-23)27-21-35-28(12-9-13-29(35)34-27)30(37)33-22-32(18-7-4-8-19-32)24-14-16-25(36)17-15-24/h3,5-6,9-17,21,26,36H,2,4,7-8,18-20,22H2,1H3,(H,33,37). The summed E-state index contributed by atoms with van der Waals surface area (Å²) < 4.78 is 7.15. The summed E-state index contributed by atoms with van der Waals surface area (Å²) >= 11 is 0. The Bertz CT molecular complexity index is 1420. The van der Waals surface area contributed by atoms with Gasteiger partial charge in [0.2, 0.25) is 0 Å². The Hall–Kier alpha value is -4.13. The van der Waals surface area contributed by atoms with Crippen LogP contribution in [0.4, 0.5) is 0 Å². The first-order chi connectivity index (χ1) is 19.0. The van der Waals surface area contributed by atoms with Crippen molar-refractivity contribution in [2.45, 2.75) is 56.8 Å². The average molecular weight is 526 g/mol. The van der Waals surface area contributed by atoms with E-state index in [1.807, 2.05) is 54.6 Å². The van der Waals surface area contributed by atoms with Gasteiger partial charge in [-0.05, 0) is 61.6 Å². The molecule has 2 aromatic carbocycles. The van der Waals surface area contributed by atoms with Gasteiger partial charge in [0.1, 0.15) is 23.0 Å². The van der Waals surface area contributed by atoms with Crippen LogP contribution in [0.15, 0.2) is 79.0 Å². The molecule has 2 N–H and O–H groups in total. The van der Waals surface area contributed by atoms with Crippen molar-refractivity contribution in [3.8, 4) is 5.75 Å². The maximum Gasteiger partial charge on any atom is 0.315 e. The second kappa shape index (κ2) is 11.7. The minimum atomic E-state index is -0.580. The second-order valence-electron chi connectivity index (χ2n) is 10.4. The Morgan fingerprint density at radius 3 is 2.46 bits per heavy atom. The molecule has 202 valence electrons. The number of hydrogen-bond acceptors (Lipinski definition) is 5. The normalized spacial score (nSPS) is 15.5. The van der Waals surface area contributed by atoms with E-state index >= 15 is 0 Å². The zero-order valence-electron chi connectivity index (χ0n) is 22.3. The number of aromatic nitrogens is 2. The van der Waals surface area contributed by atoms with E-state index in [1.54, 1.807) is 35.7 Å². The fraction of sp³-hybridized carbons (Fsp3) is 0.344. The number of phenolic OH excluding ortho intramolecular Hbond substituents is 1. The quantitative estimate of drug-likeness (QED) is 0.279. The van der Waals surface area contributed by atoms with Crippen LogP contribution in [0.25, 0.3) is 5.65 Å². The van der Waals surface area contributed by atoms with Gasteiger partial charge in [-0.25, -0.2) is 4.98 Å². The van der Waals surface area contributed by atoms with Gasteiger partial charge in [0.05, 0.1) is 12.3 Å². The number of pyridine rings is 1. The number of fused-ring (bicyclic) bond motifs is 1. The van der Waals surface area contributed by atoms with Gasteiger partial charge in [0.15, 0.2) is 0 Å². The largest absolute Gasteiger partial charge is 0.508 e. The van der Waals surface area contributed by atoms with Crippen molar-refractivity contribution in [1.82, 2.24) is 14.7 Å². The molecule has 1 aliphatic rings. The lowest BCUT2D eigenvalue weighted by molar-refractivity contribution is -0.145. The van der Waals surface area contributed by atoms with E-state index in [0.717, 1.165) is 36.8 Å². The average Bonchev–Trinajstić information content (AvgIpc) is 3.40. The summed E-state index contributed by atoms with van der Waals surface area (Å²) in [6.07, 6.45) is 7.61. The molecule has 0 radical (unpaired) electrons. The number of carbonyl (C=O) groups is 2. The zero-order chi connectivity index (χ0) is 27.2. The molecular weight excluding hydrogens is 490 g/mol. The Labute approximate surface area is 228 Å². The van der Waals surface area contributed by atoms with Gasteiger partial charge >= 0.3 is 5.97 Å². The third-order valence-electron chi connectivity index (χ3n) is 7.83. The van der Waals surface area contributed by atoms with Gasteiger partial charge in [0, 0.05) is 18.2 Å². The van der Waals surface area contributed by atoms with Crippen molar-refractivity contribution in [3.05, 3.63) is 102 Å². The van der Waals surface area contributed by atoms with Crippen LogP contribution in [0.2, 0.25) is 0 Å².